The van der Waals surface area contributed by atoms with E-state index in [9.17, 15) is 4.79 Å². The predicted molar refractivity (Wildman–Crippen MR) is 109 cm³/mol. The fraction of sp³-hybridized carbons (Fsp3) is 0.364. The van der Waals surface area contributed by atoms with Crippen LogP contribution in [0.25, 0.3) is 5.82 Å². The summed E-state index contributed by atoms with van der Waals surface area (Å²) in [5.41, 5.74) is 1.81. The van der Waals surface area contributed by atoms with Crippen molar-refractivity contribution in [3.8, 4) is 11.6 Å². The maximum atomic E-state index is 13.0. The molecule has 7 nitrogen and oxygen atoms in total. The van der Waals surface area contributed by atoms with Gasteiger partial charge in [-0.2, -0.15) is 0 Å². The van der Waals surface area contributed by atoms with Crippen molar-refractivity contribution in [1.82, 2.24) is 24.4 Å². The zero-order valence-electron chi connectivity index (χ0n) is 16.8. The van der Waals surface area contributed by atoms with Crippen LogP contribution in [0.15, 0.2) is 49.1 Å². The van der Waals surface area contributed by atoms with Crippen LogP contribution in [0.5, 0.6) is 5.75 Å². The Kier molecular flexibility index (Phi) is 5.55. The lowest BCUT2D eigenvalue weighted by atomic mass is 10.1. The first kappa shape index (κ1) is 19.1. The van der Waals surface area contributed by atoms with Crippen molar-refractivity contribution < 1.29 is 9.53 Å². The molecular weight excluding hydrogens is 366 g/mol. The fourth-order valence-corrected chi connectivity index (χ4v) is 3.84. The molecule has 1 fully saturated rings. The summed E-state index contributed by atoms with van der Waals surface area (Å²) in [5, 5.41) is 0. The molecule has 0 spiro atoms. The maximum Gasteiger partial charge on any atom is 0.227 e. The Balaban J connectivity index is 1.53. The van der Waals surface area contributed by atoms with Gasteiger partial charge in [-0.15, -0.1) is 0 Å². The van der Waals surface area contributed by atoms with Crippen LogP contribution < -0.4 is 4.74 Å². The van der Waals surface area contributed by atoms with E-state index in [0.717, 1.165) is 54.5 Å². The molecule has 0 saturated carbocycles. The van der Waals surface area contributed by atoms with Crippen molar-refractivity contribution in [2.75, 3.05) is 13.7 Å². The van der Waals surface area contributed by atoms with Crippen molar-refractivity contribution >= 4 is 5.91 Å². The van der Waals surface area contributed by atoms with Gasteiger partial charge in [-0.1, -0.05) is 19.1 Å². The van der Waals surface area contributed by atoms with Gasteiger partial charge in [0.2, 0.25) is 5.91 Å². The minimum Gasteiger partial charge on any atom is -0.497 e. The molecule has 1 unspecified atom stereocenters. The Morgan fingerprint density at radius 2 is 2.07 bits per heavy atom. The Morgan fingerprint density at radius 3 is 2.83 bits per heavy atom. The molecule has 1 aliphatic rings. The van der Waals surface area contributed by atoms with E-state index < -0.39 is 0 Å². The molecule has 3 aromatic rings. The summed E-state index contributed by atoms with van der Waals surface area (Å²) in [6, 6.07) is 7.60. The van der Waals surface area contributed by atoms with Gasteiger partial charge in [0, 0.05) is 25.4 Å². The second-order valence-electron chi connectivity index (χ2n) is 7.14. The van der Waals surface area contributed by atoms with Gasteiger partial charge in [-0.3, -0.25) is 14.3 Å². The molecule has 1 aliphatic heterocycles. The van der Waals surface area contributed by atoms with E-state index in [4.69, 9.17) is 9.72 Å². The Morgan fingerprint density at radius 1 is 1.24 bits per heavy atom. The number of aromatic nitrogens is 4. The van der Waals surface area contributed by atoms with Crippen LogP contribution in [0.3, 0.4) is 0 Å². The van der Waals surface area contributed by atoms with Gasteiger partial charge in [0.05, 0.1) is 37.7 Å². The molecule has 29 heavy (non-hydrogen) atoms. The molecule has 4 rings (SSSR count). The molecule has 2 aromatic heterocycles. The van der Waals surface area contributed by atoms with E-state index in [2.05, 4.69) is 16.9 Å². The van der Waals surface area contributed by atoms with Gasteiger partial charge in [-0.05, 0) is 30.5 Å². The molecule has 3 heterocycles. The molecule has 0 aliphatic carbocycles. The molecule has 1 saturated heterocycles. The first-order valence-corrected chi connectivity index (χ1v) is 9.96. The van der Waals surface area contributed by atoms with Crippen molar-refractivity contribution in [3.05, 3.63) is 66.1 Å². The number of carbonyl (C=O) groups is 1. The molecule has 1 atom stereocenters. The third kappa shape index (κ3) is 3.99. The maximum absolute atomic E-state index is 13.0. The first-order chi connectivity index (χ1) is 14.2. The predicted octanol–water partition coefficient (Wildman–Crippen LogP) is 3.14. The summed E-state index contributed by atoms with van der Waals surface area (Å²) in [5.74, 6) is 2.58. The lowest BCUT2D eigenvalue weighted by Gasteiger charge is -2.24. The highest BCUT2D eigenvalue weighted by molar-refractivity contribution is 5.79. The minimum atomic E-state index is -0.0400. The number of aryl methyl sites for hydroxylation is 1. The molecule has 1 amide bonds. The van der Waals surface area contributed by atoms with Crippen LogP contribution in [-0.2, 0) is 17.6 Å². The number of hydrogen-bond acceptors (Lipinski definition) is 5. The largest absolute Gasteiger partial charge is 0.497 e. The number of amides is 1. The standard InChI is InChI=1S/C22H25N5O2/c1-3-20-24-10-12-27(20)21-15-23-14-18(25-21)19-5-4-11-26(19)22(28)13-16-6-8-17(29-2)9-7-16/h6-10,12,14-15,19H,3-5,11,13H2,1-2H3. The van der Waals surface area contributed by atoms with E-state index >= 15 is 0 Å². The van der Waals surface area contributed by atoms with E-state index in [1.165, 1.54) is 0 Å². The summed E-state index contributed by atoms with van der Waals surface area (Å²) >= 11 is 0. The number of rotatable bonds is 6. The number of ether oxygens (including phenoxy) is 1. The van der Waals surface area contributed by atoms with Crippen LogP contribution in [-0.4, -0.2) is 44.0 Å². The zero-order chi connectivity index (χ0) is 20.2. The average Bonchev–Trinajstić information content (AvgIpc) is 3.44. The second-order valence-corrected chi connectivity index (χ2v) is 7.14. The molecule has 7 heteroatoms. The quantitative estimate of drug-likeness (QED) is 0.645. The molecule has 150 valence electrons. The number of benzene rings is 1. The lowest BCUT2D eigenvalue weighted by molar-refractivity contribution is -0.131. The van der Waals surface area contributed by atoms with Crippen LogP contribution in [0.2, 0.25) is 0 Å². The summed E-state index contributed by atoms with van der Waals surface area (Å²) in [6.45, 7) is 2.81. The summed E-state index contributed by atoms with van der Waals surface area (Å²) in [7, 11) is 1.64. The van der Waals surface area contributed by atoms with Gasteiger partial charge in [-0.25, -0.2) is 9.97 Å². The Hall–Kier alpha value is -3.22. The van der Waals surface area contributed by atoms with Crippen molar-refractivity contribution in [2.24, 2.45) is 0 Å². The SMILES string of the molecule is CCc1nccn1-c1cncc(C2CCCN2C(=O)Cc2ccc(OC)cc2)n1. The van der Waals surface area contributed by atoms with Gasteiger partial charge < -0.3 is 9.64 Å². The molecular formula is C22H25N5O2. The highest BCUT2D eigenvalue weighted by Crippen LogP contribution is 2.31. The van der Waals surface area contributed by atoms with E-state index in [1.54, 1.807) is 25.7 Å². The number of nitrogens with zero attached hydrogens (tertiary/aromatic N) is 5. The molecule has 1 aromatic carbocycles. The van der Waals surface area contributed by atoms with Crippen LogP contribution >= 0.6 is 0 Å². The van der Waals surface area contributed by atoms with Crippen molar-refractivity contribution in [2.45, 2.75) is 38.6 Å². The highest BCUT2D eigenvalue weighted by atomic mass is 16.5. The Bertz CT molecular complexity index is 983. The number of methoxy groups -OCH3 is 1. The average molecular weight is 391 g/mol. The van der Waals surface area contributed by atoms with Gasteiger partial charge in [0.1, 0.15) is 11.6 Å². The number of hydrogen-bond donors (Lipinski definition) is 0. The fourth-order valence-electron chi connectivity index (χ4n) is 3.84. The third-order valence-corrected chi connectivity index (χ3v) is 5.35. The Labute approximate surface area is 170 Å². The van der Waals surface area contributed by atoms with Crippen LogP contribution in [0, 0.1) is 0 Å². The summed E-state index contributed by atoms with van der Waals surface area (Å²) < 4.78 is 7.14. The minimum absolute atomic E-state index is 0.0400. The first-order valence-electron chi connectivity index (χ1n) is 9.96. The number of carbonyl (C=O) groups excluding carboxylic acids is 1. The van der Waals surface area contributed by atoms with Gasteiger partial charge in [0.25, 0.3) is 0 Å². The van der Waals surface area contributed by atoms with E-state index in [1.807, 2.05) is 39.9 Å². The van der Waals surface area contributed by atoms with E-state index in [0.29, 0.717) is 6.42 Å². The van der Waals surface area contributed by atoms with Crippen molar-refractivity contribution in [3.63, 3.8) is 0 Å². The molecule has 0 N–H and O–H groups in total. The molecule has 0 radical (unpaired) electrons. The number of imidazole rings is 1. The normalized spacial score (nSPS) is 16.2. The van der Waals surface area contributed by atoms with Gasteiger partial charge >= 0.3 is 0 Å². The highest BCUT2D eigenvalue weighted by Gasteiger charge is 2.31. The third-order valence-electron chi connectivity index (χ3n) is 5.35. The lowest BCUT2D eigenvalue weighted by Crippen LogP contribution is -2.32. The molecule has 0 bridgehead atoms. The monoisotopic (exact) mass is 391 g/mol. The van der Waals surface area contributed by atoms with Crippen molar-refractivity contribution in [1.29, 1.82) is 0 Å². The summed E-state index contributed by atoms with van der Waals surface area (Å²) in [6.07, 6.45) is 10.2. The summed E-state index contributed by atoms with van der Waals surface area (Å²) in [4.78, 5) is 28.5. The van der Waals surface area contributed by atoms with Crippen LogP contribution in [0.1, 0.15) is 42.9 Å². The smallest absolute Gasteiger partial charge is 0.227 e. The number of likely N-dealkylation sites (tertiary alicyclic amines) is 1. The topological polar surface area (TPSA) is 73.1 Å². The van der Waals surface area contributed by atoms with Gasteiger partial charge in [0.15, 0.2) is 5.82 Å². The van der Waals surface area contributed by atoms with E-state index in [-0.39, 0.29) is 11.9 Å². The van der Waals surface area contributed by atoms with Crippen LogP contribution in [0.4, 0.5) is 0 Å². The zero-order valence-corrected chi connectivity index (χ0v) is 16.8. The second kappa shape index (κ2) is 8.43.